The molecule has 2 aliphatic rings. The average molecular weight is 198 g/mol. The maximum atomic E-state index is 11.2. The van der Waals surface area contributed by atoms with Crippen molar-refractivity contribution in [3.8, 4) is 0 Å². The molecule has 0 spiro atoms. The van der Waals surface area contributed by atoms with Crippen molar-refractivity contribution < 1.29 is 4.79 Å². The van der Waals surface area contributed by atoms with Crippen LogP contribution >= 0.6 is 0 Å². The molecule has 0 bridgehead atoms. The molecule has 5 heteroatoms. The standard InChI is InChI=1S/C9H18N4O/c10-8-1-3-12(7-8)5-6-13-4-2-11-9(13)14/h8H,1-7,10H2,(H,11,14). The Morgan fingerprint density at radius 2 is 2.29 bits per heavy atom. The molecule has 2 saturated heterocycles. The van der Waals surface area contributed by atoms with E-state index in [9.17, 15) is 4.79 Å². The molecule has 2 amide bonds. The number of hydrogen-bond donors (Lipinski definition) is 2. The van der Waals surface area contributed by atoms with Crippen LogP contribution in [-0.2, 0) is 0 Å². The molecule has 80 valence electrons. The first kappa shape index (κ1) is 9.73. The third kappa shape index (κ3) is 2.16. The minimum Gasteiger partial charge on any atom is -0.336 e. The van der Waals surface area contributed by atoms with Gasteiger partial charge in [0.25, 0.3) is 0 Å². The largest absolute Gasteiger partial charge is 0.336 e. The van der Waals surface area contributed by atoms with Gasteiger partial charge in [-0.25, -0.2) is 4.79 Å². The molecule has 0 aromatic carbocycles. The van der Waals surface area contributed by atoms with Crippen molar-refractivity contribution in [3.05, 3.63) is 0 Å². The molecule has 14 heavy (non-hydrogen) atoms. The predicted octanol–water partition coefficient (Wildman–Crippen LogP) is -0.955. The van der Waals surface area contributed by atoms with Crippen LogP contribution in [0.5, 0.6) is 0 Å². The van der Waals surface area contributed by atoms with Crippen LogP contribution in [0.1, 0.15) is 6.42 Å². The van der Waals surface area contributed by atoms with E-state index in [-0.39, 0.29) is 6.03 Å². The number of amides is 2. The lowest BCUT2D eigenvalue weighted by Crippen LogP contribution is -2.37. The number of hydrogen-bond acceptors (Lipinski definition) is 3. The first-order valence-electron chi connectivity index (χ1n) is 5.26. The summed E-state index contributed by atoms with van der Waals surface area (Å²) in [6.07, 6.45) is 1.09. The van der Waals surface area contributed by atoms with Crippen LogP contribution in [0.25, 0.3) is 0 Å². The van der Waals surface area contributed by atoms with Crippen molar-refractivity contribution in [1.29, 1.82) is 0 Å². The number of likely N-dealkylation sites (tertiary alicyclic amines) is 1. The zero-order chi connectivity index (χ0) is 9.97. The van der Waals surface area contributed by atoms with Gasteiger partial charge in [-0.2, -0.15) is 0 Å². The van der Waals surface area contributed by atoms with E-state index in [1.165, 1.54) is 0 Å². The van der Waals surface area contributed by atoms with E-state index in [1.54, 1.807) is 0 Å². The molecule has 2 rings (SSSR count). The third-order valence-corrected chi connectivity index (χ3v) is 2.94. The molecule has 0 radical (unpaired) electrons. The molecular weight excluding hydrogens is 180 g/mol. The van der Waals surface area contributed by atoms with Crippen LogP contribution < -0.4 is 11.1 Å². The van der Waals surface area contributed by atoms with Gasteiger partial charge in [0.1, 0.15) is 0 Å². The monoisotopic (exact) mass is 198 g/mol. The first-order valence-corrected chi connectivity index (χ1v) is 5.26. The van der Waals surface area contributed by atoms with Gasteiger partial charge >= 0.3 is 6.03 Å². The predicted molar refractivity (Wildman–Crippen MR) is 54.0 cm³/mol. The van der Waals surface area contributed by atoms with Gasteiger partial charge in [0, 0.05) is 38.8 Å². The fourth-order valence-electron chi connectivity index (χ4n) is 2.05. The van der Waals surface area contributed by atoms with Crippen LogP contribution in [-0.4, -0.2) is 61.1 Å². The number of nitrogens with one attached hydrogen (secondary N) is 1. The van der Waals surface area contributed by atoms with Gasteiger partial charge < -0.3 is 16.0 Å². The summed E-state index contributed by atoms with van der Waals surface area (Å²) in [4.78, 5) is 15.4. The van der Waals surface area contributed by atoms with Crippen molar-refractivity contribution in [2.45, 2.75) is 12.5 Å². The first-order chi connectivity index (χ1) is 6.75. The number of carbonyl (C=O) groups excluding carboxylic acids is 1. The minimum absolute atomic E-state index is 0.0773. The van der Waals surface area contributed by atoms with E-state index in [1.807, 2.05) is 4.90 Å². The lowest BCUT2D eigenvalue weighted by Gasteiger charge is -2.19. The quantitative estimate of drug-likeness (QED) is 0.614. The van der Waals surface area contributed by atoms with Gasteiger partial charge in [0.05, 0.1) is 0 Å². The smallest absolute Gasteiger partial charge is 0.317 e. The highest BCUT2D eigenvalue weighted by Gasteiger charge is 2.22. The second-order valence-electron chi connectivity index (χ2n) is 4.07. The second-order valence-corrected chi connectivity index (χ2v) is 4.07. The number of carbonyl (C=O) groups is 1. The van der Waals surface area contributed by atoms with Gasteiger partial charge in [-0.3, -0.25) is 4.90 Å². The van der Waals surface area contributed by atoms with E-state index < -0.39 is 0 Å². The van der Waals surface area contributed by atoms with Gasteiger partial charge in [0.2, 0.25) is 0 Å². The number of rotatable bonds is 3. The lowest BCUT2D eigenvalue weighted by atomic mass is 10.3. The summed E-state index contributed by atoms with van der Waals surface area (Å²) in [5, 5.41) is 2.80. The highest BCUT2D eigenvalue weighted by molar-refractivity contribution is 5.76. The van der Waals surface area contributed by atoms with E-state index in [2.05, 4.69) is 10.2 Å². The Labute approximate surface area is 84.2 Å². The topological polar surface area (TPSA) is 61.6 Å². The van der Waals surface area contributed by atoms with Crippen molar-refractivity contribution in [3.63, 3.8) is 0 Å². The molecule has 5 nitrogen and oxygen atoms in total. The highest BCUT2D eigenvalue weighted by atomic mass is 16.2. The van der Waals surface area contributed by atoms with Crippen molar-refractivity contribution in [2.24, 2.45) is 5.73 Å². The fourth-order valence-corrected chi connectivity index (χ4v) is 2.05. The Morgan fingerprint density at radius 1 is 1.43 bits per heavy atom. The molecule has 1 atom stereocenters. The van der Waals surface area contributed by atoms with Crippen LogP contribution in [0.4, 0.5) is 4.79 Å². The van der Waals surface area contributed by atoms with Crippen molar-refractivity contribution in [1.82, 2.24) is 15.1 Å². The molecule has 2 aliphatic heterocycles. The zero-order valence-electron chi connectivity index (χ0n) is 8.41. The summed E-state index contributed by atoms with van der Waals surface area (Å²) in [6.45, 7) is 5.49. The van der Waals surface area contributed by atoms with E-state index in [0.717, 1.165) is 45.7 Å². The van der Waals surface area contributed by atoms with Gasteiger partial charge in [-0.15, -0.1) is 0 Å². The fraction of sp³-hybridized carbons (Fsp3) is 0.889. The van der Waals surface area contributed by atoms with Gasteiger partial charge in [-0.05, 0) is 13.0 Å². The molecule has 0 aliphatic carbocycles. The maximum Gasteiger partial charge on any atom is 0.317 e. The van der Waals surface area contributed by atoms with Gasteiger partial charge in [0.15, 0.2) is 0 Å². The summed E-state index contributed by atoms with van der Waals surface area (Å²) in [5.74, 6) is 0. The second kappa shape index (κ2) is 4.14. The molecule has 1 unspecified atom stereocenters. The molecular formula is C9H18N4O. The Hall–Kier alpha value is -0.810. The summed E-state index contributed by atoms with van der Waals surface area (Å²) in [7, 11) is 0. The van der Waals surface area contributed by atoms with Crippen molar-refractivity contribution >= 4 is 6.03 Å². The Morgan fingerprint density at radius 3 is 2.86 bits per heavy atom. The molecule has 2 heterocycles. The van der Waals surface area contributed by atoms with Crippen LogP contribution in [0.2, 0.25) is 0 Å². The van der Waals surface area contributed by atoms with E-state index in [0.29, 0.717) is 6.04 Å². The lowest BCUT2D eigenvalue weighted by molar-refractivity contribution is 0.208. The summed E-state index contributed by atoms with van der Waals surface area (Å²) in [5.41, 5.74) is 5.80. The number of urea groups is 1. The molecule has 2 fully saturated rings. The van der Waals surface area contributed by atoms with Gasteiger partial charge in [-0.1, -0.05) is 0 Å². The Kier molecular flexibility index (Phi) is 2.88. The molecule has 0 aromatic rings. The molecule has 0 aromatic heterocycles. The Balaban J connectivity index is 1.69. The summed E-state index contributed by atoms with van der Waals surface area (Å²) < 4.78 is 0. The molecule has 3 N–H and O–H groups in total. The van der Waals surface area contributed by atoms with Crippen LogP contribution in [0, 0.1) is 0 Å². The van der Waals surface area contributed by atoms with E-state index >= 15 is 0 Å². The van der Waals surface area contributed by atoms with Crippen LogP contribution in [0.15, 0.2) is 0 Å². The highest BCUT2D eigenvalue weighted by Crippen LogP contribution is 2.06. The SMILES string of the molecule is NC1CCN(CCN2CCNC2=O)C1. The summed E-state index contributed by atoms with van der Waals surface area (Å²) >= 11 is 0. The molecule has 0 saturated carbocycles. The minimum atomic E-state index is 0.0773. The number of nitrogens with zero attached hydrogens (tertiary/aromatic N) is 2. The summed E-state index contributed by atoms with van der Waals surface area (Å²) in [6, 6.07) is 0.413. The normalized spacial score (nSPS) is 28.5. The number of nitrogens with two attached hydrogens (primary N) is 1. The maximum absolute atomic E-state index is 11.2. The van der Waals surface area contributed by atoms with Crippen LogP contribution in [0.3, 0.4) is 0 Å². The average Bonchev–Trinajstić information content (AvgIpc) is 2.72. The zero-order valence-corrected chi connectivity index (χ0v) is 8.41. The van der Waals surface area contributed by atoms with E-state index in [4.69, 9.17) is 5.73 Å². The Bertz CT molecular complexity index is 221. The van der Waals surface area contributed by atoms with Crippen molar-refractivity contribution in [2.75, 3.05) is 39.3 Å². The third-order valence-electron chi connectivity index (χ3n) is 2.94.